The topological polar surface area (TPSA) is 89.8 Å². The van der Waals surface area contributed by atoms with E-state index in [0.717, 1.165) is 22.5 Å². The Morgan fingerprint density at radius 2 is 1.97 bits per heavy atom. The maximum absolute atomic E-state index is 13.0. The molecule has 0 N–H and O–H groups in total. The van der Waals surface area contributed by atoms with Crippen molar-refractivity contribution in [2.45, 2.75) is 16.4 Å². The van der Waals surface area contributed by atoms with Crippen molar-refractivity contribution in [3.63, 3.8) is 0 Å². The SMILES string of the molecule is COc1ccc([C@@H]2SCCN2S(=O)(=O)c2cccc(C(F)(F)F)c2)cc1[N+](=O)[O-]. The van der Waals surface area contributed by atoms with Gasteiger partial charge in [-0.25, -0.2) is 8.42 Å². The average Bonchev–Trinajstić information content (AvgIpc) is 3.17. The summed E-state index contributed by atoms with van der Waals surface area (Å²) >= 11 is 1.23. The predicted molar refractivity (Wildman–Crippen MR) is 100 cm³/mol. The van der Waals surface area contributed by atoms with Crippen LogP contribution in [0.15, 0.2) is 47.4 Å². The second-order valence-electron chi connectivity index (χ2n) is 6.05. The molecule has 156 valence electrons. The van der Waals surface area contributed by atoms with Gasteiger partial charge in [0.05, 0.1) is 27.9 Å². The van der Waals surface area contributed by atoms with E-state index in [1.165, 1.54) is 37.1 Å². The van der Waals surface area contributed by atoms with Crippen LogP contribution in [0, 0.1) is 10.1 Å². The molecule has 1 aliphatic heterocycles. The van der Waals surface area contributed by atoms with E-state index in [4.69, 9.17) is 4.74 Å². The van der Waals surface area contributed by atoms with Crippen LogP contribution in [-0.2, 0) is 16.2 Å². The van der Waals surface area contributed by atoms with Crippen LogP contribution in [0.2, 0.25) is 0 Å². The monoisotopic (exact) mass is 448 g/mol. The first kappa shape index (κ1) is 21.4. The molecule has 0 aromatic heterocycles. The second kappa shape index (κ2) is 7.84. The number of methoxy groups -OCH3 is 1. The Morgan fingerprint density at radius 1 is 1.24 bits per heavy atom. The fourth-order valence-electron chi connectivity index (χ4n) is 2.93. The number of nitro benzene ring substituents is 1. The average molecular weight is 448 g/mol. The minimum absolute atomic E-state index is 0.0223. The molecular formula is C17H15F3N2O5S2. The molecule has 3 rings (SSSR count). The normalized spacial score (nSPS) is 18.0. The van der Waals surface area contributed by atoms with Gasteiger partial charge < -0.3 is 4.74 Å². The minimum atomic E-state index is -4.68. The first-order valence-electron chi connectivity index (χ1n) is 8.18. The van der Waals surface area contributed by atoms with Crippen LogP contribution in [0.4, 0.5) is 18.9 Å². The highest BCUT2D eigenvalue weighted by Crippen LogP contribution is 2.44. The smallest absolute Gasteiger partial charge is 0.416 e. The molecule has 7 nitrogen and oxygen atoms in total. The van der Waals surface area contributed by atoms with Crippen molar-refractivity contribution >= 4 is 27.5 Å². The molecule has 2 aromatic rings. The number of nitro groups is 1. The summed E-state index contributed by atoms with van der Waals surface area (Å²) < 4.78 is 71.0. The third-order valence-corrected chi connectivity index (χ3v) is 7.56. The molecule has 0 bridgehead atoms. The van der Waals surface area contributed by atoms with Gasteiger partial charge in [0.25, 0.3) is 0 Å². The fourth-order valence-corrected chi connectivity index (χ4v) is 6.21. The van der Waals surface area contributed by atoms with Gasteiger partial charge in [0, 0.05) is 18.4 Å². The van der Waals surface area contributed by atoms with Crippen molar-refractivity contribution in [2.75, 3.05) is 19.4 Å². The Kier molecular flexibility index (Phi) is 5.79. The van der Waals surface area contributed by atoms with Crippen molar-refractivity contribution < 1.29 is 31.2 Å². The molecule has 0 unspecified atom stereocenters. The van der Waals surface area contributed by atoms with E-state index in [1.54, 1.807) is 0 Å². The molecule has 0 radical (unpaired) electrons. The van der Waals surface area contributed by atoms with E-state index in [-0.39, 0.29) is 18.0 Å². The number of rotatable bonds is 5. The Morgan fingerprint density at radius 3 is 2.59 bits per heavy atom. The van der Waals surface area contributed by atoms with Crippen LogP contribution < -0.4 is 4.74 Å². The zero-order chi connectivity index (χ0) is 21.4. The number of sulfonamides is 1. The number of nitrogens with zero attached hydrogens (tertiary/aromatic N) is 2. The van der Waals surface area contributed by atoms with Gasteiger partial charge in [0.2, 0.25) is 10.0 Å². The van der Waals surface area contributed by atoms with Gasteiger partial charge in [-0.15, -0.1) is 11.8 Å². The Labute approximate surface area is 168 Å². The van der Waals surface area contributed by atoms with E-state index in [1.807, 2.05) is 0 Å². The third kappa shape index (κ3) is 4.19. The Hall–Kier alpha value is -2.31. The number of ether oxygens (including phenoxy) is 1. The summed E-state index contributed by atoms with van der Waals surface area (Å²) in [4.78, 5) is 10.1. The van der Waals surface area contributed by atoms with Crippen molar-refractivity contribution in [3.05, 3.63) is 63.7 Å². The van der Waals surface area contributed by atoms with Crippen LogP contribution in [-0.4, -0.2) is 37.1 Å². The second-order valence-corrected chi connectivity index (χ2v) is 9.13. The lowest BCUT2D eigenvalue weighted by Gasteiger charge is -2.24. The van der Waals surface area contributed by atoms with Crippen LogP contribution in [0.1, 0.15) is 16.5 Å². The van der Waals surface area contributed by atoms with Crippen LogP contribution in [0.5, 0.6) is 5.75 Å². The van der Waals surface area contributed by atoms with E-state index in [0.29, 0.717) is 17.4 Å². The summed E-state index contributed by atoms with van der Waals surface area (Å²) in [6.45, 7) is 0.0632. The summed E-state index contributed by atoms with van der Waals surface area (Å²) in [6.07, 6.45) is -4.68. The van der Waals surface area contributed by atoms with E-state index in [2.05, 4.69) is 0 Å². The highest BCUT2D eigenvalue weighted by atomic mass is 32.2. The number of alkyl halides is 3. The van der Waals surface area contributed by atoms with Crippen molar-refractivity contribution in [3.8, 4) is 5.75 Å². The molecule has 29 heavy (non-hydrogen) atoms. The fraction of sp³-hybridized carbons (Fsp3) is 0.294. The first-order chi connectivity index (χ1) is 13.6. The zero-order valence-corrected chi connectivity index (χ0v) is 16.6. The van der Waals surface area contributed by atoms with Gasteiger partial charge in [-0.2, -0.15) is 17.5 Å². The highest BCUT2D eigenvalue weighted by molar-refractivity contribution is 8.01. The molecule has 1 atom stereocenters. The lowest BCUT2D eigenvalue weighted by Crippen LogP contribution is -2.30. The lowest BCUT2D eigenvalue weighted by molar-refractivity contribution is -0.385. The van der Waals surface area contributed by atoms with Gasteiger partial charge in [-0.3, -0.25) is 10.1 Å². The molecule has 1 aliphatic rings. The van der Waals surface area contributed by atoms with Crippen molar-refractivity contribution in [1.29, 1.82) is 0 Å². The summed E-state index contributed by atoms with van der Waals surface area (Å²) in [5.41, 5.74) is -1.05. The molecular weight excluding hydrogens is 433 g/mol. The summed E-state index contributed by atoms with van der Waals surface area (Å²) in [6, 6.07) is 7.60. The van der Waals surface area contributed by atoms with E-state index < -0.39 is 37.0 Å². The minimum Gasteiger partial charge on any atom is -0.490 e. The largest absolute Gasteiger partial charge is 0.490 e. The van der Waals surface area contributed by atoms with Gasteiger partial charge in [0.15, 0.2) is 5.75 Å². The molecule has 1 fully saturated rings. The van der Waals surface area contributed by atoms with Crippen LogP contribution >= 0.6 is 11.8 Å². The number of halogens is 3. The number of thioether (sulfide) groups is 1. The molecule has 2 aromatic carbocycles. The summed E-state index contributed by atoms with van der Waals surface area (Å²) in [5, 5.41) is 10.5. The maximum atomic E-state index is 13.0. The van der Waals surface area contributed by atoms with Crippen LogP contribution in [0.25, 0.3) is 0 Å². The molecule has 0 saturated carbocycles. The standard InChI is InChI=1S/C17H15F3N2O5S2/c1-27-15-6-5-11(9-14(15)22(23)24)16-21(7-8-28-16)29(25,26)13-4-2-3-12(10-13)17(18,19)20/h2-6,9-10,16H,7-8H2,1H3/t16-/m0/s1. The molecule has 0 spiro atoms. The first-order valence-corrected chi connectivity index (χ1v) is 10.7. The number of hydrogen-bond donors (Lipinski definition) is 0. The number of benzene rings is 2. The Balaban J connectivity index is 2.01. The predicted octanol–water partition coefficient (Wildman–Crippen LogP) is 4.06. The van der Waals surface area contributed by atoms with Gasteiger partial charge in [-0.1, -0.05) is 12.1 Å². The molecule has 1 saturated heterocycles. The third-order valence-electron chi connectivity index (χ3n) is 4.30. The zero-order valence-electron chi connectivity index (χ0n) is 14.9. The lowest BCUT2D eigenvalue weighted by atomic mass is 10.2. The molecule has 1 heterocycles. The highest BCUT2D eigenvalue weighted by Gasteiger charge is 2.39. The van der Waals surface area contributed by atoms with Crippen molar-refractivity contribution in [2.24, 2.45) is 0 Å². The van der Waals surface area contributed by atoms with Crippen molar-refractivity contribution in [1.82, 2.24) is 4.31 Å². The maximum Gasteiger partial charge on any atom is 0.416 e. The molecule has 12 heteroatoms. The molecule has 0 amide bonds. The summed E-state index contributed by atoms with van der Waals surface area (Å²) in [5.74, 6) is 0.414. The Bertz CT molecular complexity index is 1040. The number of hydrogen-bond acceptors (Lipinski definition) is 6. The quantitative estimate of drug-likeness (QED) is 0.506. The van der Waals surface area contributed by atoms with Gasteiger partial charge >= 0.3 is 11.9 Å². The molecule has 0 aliphatic carbocycles. The van der Waals surface area contributed by atoms with Gasteiger partial charge in [0.1, 0.15) is 0 Å². The van der Waals surface area contributed by atoms with Gasteiger partial charge in [-0.05, 0) is 29.8 Å². The summed E-state index contributed by atoms with van der Waals surface area (Å²) in [7, 11) is -2.98. The van der Waals surface area contributed by atoms with Crippen LogP contribution in [0.3, 0.4) is 0 Å². The van der Waals surface area contributed by atoms with E-state index >= 15 is 0 Å². The van der Waals surface area contributed by atoms with E-state index in [9.17, 15) is 31.7 Å².